The highest BCUT2D eigenvalue weighted by Gasteiger charge is 2.42. The third-order valence-corrected chi connectivity index (χ3v) is 5.90. The van der Waals surface area contributed by atoms with Crippen molar-refractivity contribution in [2.45, 2.75) is 38.3 Å². The van der Waals surface area contributed by atoms with Gasteiger partial charge in [-0.1, -0.05) is 18.6 Å². The Kier molecular flexibility index (Phi) is 3.72. The number of piperazine rings is 1. The molecule has 2 nitrogen and oxygen atoms in total. The van der Waals surface area contributed by atoms with Crippen LogP contribution in [-0.4, -0.2) is 42.0 Å². The molecule has 2 aliphatic carbocycles. The minimum atomic E-state index is -0.139. The van der Waals surface area contributed by atoms with E-state index in [0.717, 1.165) is 37.5 Å². The van der Waals surface area contributed by atoms with Crippen LogP contribution in [0.5, 0.6) is 0 Å². The van der Waals surface area contributed by atoms with Crippen LogP contribution in [0.25, 0.3) is 0 Å². The van der Waals surface area contributed by atoms with Gasteiger partial charge in [0.05, 0.1) is 0 Å². The van der Waals surface area contributed by atoms with Crippen molar-refractivity contribution in [1.82, 2.24) is 9.80 Å². The molecule has 1 aromatic carbocycles. The third-order valence-electron chi connectivity index (χ3n) is 5.90. The van der Waals surface area contributed by atoms with Crippen LogP contribution >= 0.6 is 0 Å². The van der Waals surface area contributed by atoms with Crippen molar-refractivity contribution in [2.75, 3.05) is 26.2 Å². The lowest BCUT2D eigenvalue weighted by Crippen LogP contribution is -2.51. The van der Waals surface area contributed by atoms with Gasteiger partial charge in [-0.15, -0.1) is 0 Å². The summed E-state index contributed by atoms with van der Waals surface area (Å²) in [6.07, 6.45) is 5.93. The van der Waals surface area contributed by atoms with Crippen molar-refractivity contribution >= 4 is 0 Å². The summed E-state index contributed by atoms with van der Waals surface area (Å²) in [5, 5.41) is 0. The molecule has 1 saturated heterocycles. The van der Waals surface area contributed by atoms with Gasteiger partial charge in [0.2, 0.25) is 0 Å². The summed E-state index contributed by atoms with van der Waals surface area (Å²) in [4.78, 5) is 5.27. The quantitative estimate of drug-likeness (QED) is 0.843. The zero-order valence-corrected chi connectivity index (χ0v) is 12.7. The number of rotatable bonds is 3. The molecule has 3 atom stereocenters. The second kappa shape index (κ2) is 5.69. The van der Waals surface area contributed by atoms with Gasteiger partial charge in [-0.05, 0) is 48.8 Å². The number of benzene rings is 1. The number of hydrogen-bond donors (Lipinski definition) is 0. The van der Waals surface area contributed by atoms with Crippen LogP contribution in [0.4, 0.5) is 4.39 Å². The topological polar surface area (TPSA) is 6.48 Å². The number of hydrogen-bond acceptors (Lipinski definition) is 2. The maximum absolute atomic E-state index is 12.9. The van der Waals surface area contributed by atoms with Crippen LogP contribution in [0.2, 0.25) is 0 Å². The molecule has 0 N–H and O–H groups in total. The van der Waals surface area contributed by atoms with Crippen LogP contribution in [0.15, 0.2) is 24.3 Å². The lowest BCUT2D eigenvalue weighted by Gasteiger charge is -2.41. The first-order chi connectivity index (χ1) is 10.3. The van der Waals surface area contributed by atoms with Gasteiger partial charge in [0, 0.05) is 38.8 Å². The molecule has 3 aliphatic rings. The van der Waals surface area contributed by atoms with E-state index in [1.165, 1.54) is 44.3 Å². The molecular formula is C18H25FN2. The van der Waals surface area contributed by atoms with Crippen molar-refractivity contribution in [2.24, 2.45) is 11.8 Å². The Morgan fingerprint density at radius 3 is 2.33 bits per heavy atom. The van der Waals surface area contributed by atoms with Gasteiger partial charge in [0.25, 0.3) is 0 Å². The smallest absolute Gasteiger partial charge is 0.123 e. The summed E-state index contributed by atoms with van der Waals surface area (Å²) in [6.45, 7) is 5.71. The van der Waals surface area contributed by atoms with E-state index in [0.29, 0.717) is 0 Å². The van der Waals surface area contributed by atoms with Crippen molar-refractivity contribution in [3.63, 3.8) is 0 Å². The van der Waals surface area contributed by atoms with Gasteiger partial charge in [0.15, 0.2) is 0 Å². The molecule has 4 rings (SSSR count). The first kappa shape index (κ1) is 13.7. The van der Waals surface area contributed by atoms with Gasteiger partial charge < -0.3 is 0 Å². The van der Waals surface area contributed by atoms with Crippen molar-refractivity contribution in [1.29, 1.82) is 0 Å². The van der Waals surface area contributed by atoms with Gasteiger partial charge in [0.1, 0.15) is 5.82 Å². The van der Waals surface area contributed by atoms with Crippen LogP contribution in [0.3, 0.4) is 0 Å². The van der Waals surface area contributed by atoms with E-state index in [-0.39, 0.29) is 5.82 Å². The molecule has 2 saturated carbocycles. The molecule has 3 fully saturated rings. The maximum Gasteiger partial charge on any atom is 0.123 e. The van der Waals surface area contributed by atoms with E-state index in [1.807, 2.05) is 12.1 Å². The van der Waals surface area contributed by atoms with Crippen molar-refractivity contribution < 1.29 is 4.39 Å². The fourth-order valence-electron chi connectivity index (χ4n) is 4.76. The fourth-order valence-corrected chi connectivity index (χ4v) is 4.76. The minimum absolute atomic E-state index is 0.139. The summed E-state index contributed by atoms with van der Waals surface area (Å²) in [5.41, 5.74) is 1.23. The minimum Gasteiger partial charge on any atom is -0.298 e. The Morgan fingerprint density at radius 2 is 1.71 bits per heavy atom. The Balaban J connectivity index is 1.29. The lowest BCUT2D eigenvalue weighted by molar-refractivity contribution is 0.0679. The molecule has 21 heavy (non-hydrogen) atoms. The molecule has 1 aliphatic heterocycles. The zero-order chi connectivity index (χ0) is 14.2. The molecule has 1 aromatic rings. The van der Waals surface area contributed by atoms with Gasteiger partial charge in [-0.2, -0.15) is 0 Å². The van der Waals surface area contributed by atoms with Crippen molar-refractivity contribution in [3.05, 3.63) is 35.6 Å². The monoisotopic (exact) mass is 288 g/mol. The van der Waals surface area contributed by atoms with E-state index in [9.17, 15) is 4.39 Å². The Labute approximate surface area is 126 Å². The highest BCUT2D eigenvalue weighted by molar-refractivity contribution is 5.16. The predicted octanol–water partition coefficient (Wildman–Crippen LogP) is 3.13. The summed E-state index contributed by atoms with van der Waals surface area (Å²) < 4.78 is 12.9. The van der Waals surface area contributed by atoms with E-state index in [4.69, 9.17) is 0 Å². The average Bonchev–Trinajstić information content (AvgIpc) is 3.13. The normalized spacial score (nSPS) is 33.7. The second-order valence-corrected chi connectivity index (χ2v) is 7.18. The largest absolute Gasteiger partial charge is 0.298 e. The highest BCUT2D eigenvalue weighted by atomic mass is 19.1. The Morgan fingerprint density at radius 1 is 0.952 bits per heavy atom. The predicted molar refractivity (Wildman–Crippen MR) is 82.5 cm³/mol. The summed E-state index contributed by atoms with van der Waals surface area (Å²) in [7, 11) is 0. The Hall–Kier alpha value is -0.930. The molecule has 2 bridgehead atoms. The lowest BCUT2D eigenvalue weighted by atomic mass is 9.93. The van der Waals surface area contributed by atoms with E-state index in [1.54, 1.807) is 12.1 Å². The van der Waals surface area contributed by atoms with Gasteiger partial charge in [-0.25, -0.2) is 4.39 Å². The zero-order valence-electron chi connectivity index (χ0n) is 12.7. The van der Waals surface area contributed by atoms with Crippen LogP contribution < -0.4 is 0 Å². The molecule has 0 aromatic heterocycles. The first-order valence-electron chi connectivity index (χ1n) is 8.49. The fraction of sp³-hybridized carbons (Fsp3) is 0.667. The van der Waals surface area contributed by atoms with Crippen LogP contribution in [-0.2, 0) is 6.54 Å². The van der Waals surface area contributed by atoms with Crippen LogP contribution in [0, 0.1) is 17.7 Å². The van der Waals surface area contributed by atoms with E-state index < -0.39 is 0 Å². The highest BCUT2D eigenvalue weighted by Crippen LogP contribution is 2.46. The molecule has 0 radical (unpaired) electrons. The van der Waals surface area contributed by atoms with Crippen molar-refractivity contribution in [3.8, 4) is 0 Å². The molecule has 0 spiro atoms. The number of fused-ring (bicyclic) bond motifs is 2. The number of nitrogens with zero attached hydrogens (tertiary/aromatic N) is 2. The SMILES string of the molecule is Fc1ccc(CN2CCN([C@H]3C[C@H]4CC[C@H]3C4)CC2)cc1. The average molecular weight is 288 g/mol. The third kappa shape index (κ3) is 2.86. The standard InChI is InChI=1S/C18H25FN2/c19-17-5-2-14(3-6-17)13-20-7-9-21(10-8-20)18-12-15-1-4-16(18)11-15/h2-3,5-6,15-16,18H,1,4,7-13H2/t15-,16-,18-/m0/s1. The molecular weight excluding hydrogens is 263 g/mol. The van der Waals surface area contributed by atoms with E-state index >= 15 is 0 Å². The number of halogens is 1. The van der Waals surface area contributed by atoms with Crippen LogP contribution in [0.1, 0.15) is 31.2 Å². The summed E-state index contributed by atoms with van der Waals surface area (Å²) >= 11 is 0. The molecule has 3 heteroatoms. The summed E-state index contributed by atoms with van der Waals surface area (Å²) in [5.74, 6) is 1.90. The van der Waals surface area contributed by atoms with Gasteiger partial charge in [-0.3, -0.25) is 9.80 Å². The summed E-state index contributed by atoms with van der Waals surface area (Å²) in [6, 6.07) is 7.86. The molecule has 114 valence electrons. The first-order valence-corrected chi connectivity index (χ1v) is 8.49. The molecule has 0 unspecified atom stereocenters. The molecule has 0 amide bonds. The van der Waals surface area contributed by atoms with E-state index in [2.05, 4.69) is 9.80 Å². The Bertz CT molecular complexity index is 478. The van der Waals surface area contributed by atoms with Gasteiger partial charge >= 0.3 is 0 Å². The maximum atomic E-state index is 12.9. The molecule has 1 heterocycles. The second-order valence-electron chi connectivity index (χ2n) is 7.18.